The second-order valence-corrected chi connectivity index (χ2v) is 6.33. The number of aryl methyl sites for hydroxylation is 2. The SMILES string of the molecule is C[C@H](Oc1cccc2c1CCCC2)C(=O)NCCCc1ccco1. The number of rotatable bonds is 7. The molecule has 1 aliphatic carbocycles. The minimum Gasteiger partial charge on any atom is -0.481 e. The summed E-state index contributed by atoms with van der Waals surface area (Å²) < 4.78 is 11.2. The fourth-order valence-electron chi connectivity index (χ4n) is 3.17. The molecule has 4 heteroatoms. The van der Waals surface area contributed by atoms with Crippen LogP contribution in [0.2, 0.25) is 0 Å². The Labute approximate surface area is 143 Å². The summed E-state index contributed by atoms with van der Waals surface area (Å²) in [4.78, 5) is 12.2. The Morgan fingerprint density at radius 1 is 1.25 bits per heavy atom. The van der Waals surface area contributed by atoms with Crippen molar-refractivity contribution in [3.63, 3.8) is 0 Å². The second-order valence-electron chi connectivity index (χ2n) is 6.33. The van der Waals surface area contributed by atoms with E-state index in [0.717, 1.165) is 37.2 Å². The lowest BCUT2D eigenvalue weighted by atomic mass is 9.91. The number of carbonyl (C=O) groups excluding carboxylic acids is 1. The Kier molecular flexibility index (Phi) is 5.57. The third-order valence-electron chi connectivity index (χ3n) is 4.51. The van der Waals surface area contributed by atoms with Gasteiger partial charge >= 0.3 is 0 Å². The molecule has 3 rings (SSSR count). The molecule has 0 bridgehead atoms. The zero-order valence-corrected chi connectivity index (χ0v) is 14.2. The van der Waals surface area contributed by atoms with Crippen LogP contribution in [-0.2, 0) is 24.1 Å². The summed E-state index contributed by atoms with van der Waals surface area (Å²) >= 11 is 0. The summed E-state index contributed by atoms with van der Waals surface area (Å²) in [5.41, 5.74) is 2.64. The number of hydrogen-bond donors (Lipinski definition) is 1. The number of benzene rings is 1. The van der Waals surface area contributed by atoms with Gasteiger partial charge in [0.05, 0.1) is 6.26 Å². The van der Waals surface area contributed by atoms with E-state index >= 15 is 0 Å². The van der Waals surface area contributed by atoms with E-state index < -0.39 is 6.10 Å². The fourth-order valence-corrected chi connectivity index (χ4v) is 3.17. The number of ether oxygens (including phenoxy) is 1. The van der Waals surface area contributed by atoms with Gasteiger partial charge in [0.2, 0.25) is 0 Å². The molecule has 24 heavy (non-hydrogen) atoms. The lowest BCUT2D eigenvalue weighted by Gasteiger charge is -2.22. The third-order valence-corrected chi connectivity index (χ3v) is 4.51. The van der Waals surface area contributed by atoms with Crippen LogP contribution >= 0.6 is 0 Å². The fraction of sp³-hybridized carbons (Fsp3) is 0.450. The molecule has 1 heterocycles. The number of fused-ring (bicyclic) bond motifs is 1. The van der Waals surface area contributed by atoms with Crippen LogP contribution in [0.3, 0.4) is 0 Å². The van der Waals surface area contributed by atoms with E-state index in [1.807, 2.05) is 31.2 Å². The van der Waals surface area contributed by atoms with Crippen molar-refractivity contribution < 1.29 is 13.9 Å². The van der Waals surface area contributed by atoms with Crippen molar-refractivity contribution in [1.29, 1.82) is 0 Å². The number of amides is 1. The summed E-state index contributed by atoms with van der Waals surface area (Å²) in [6.07, 6.45) is 7.46. The highest BCUT2D eigenvalue weighted by Crippen LogP contribution is 2.30. The van der Waals surface area contributed by atoms with Gasteiger partial charge in [0.15, 0.2) is 6.10 Å². The first kappa shape index (κ1) is 16.6. The molecule has 0 fully saturated rings. The maximum atomic E-state index is 12.2. The van der Waals surface area contributed by atoms with Crippen LogP contribution in [0, 0.1) is 0 Å². The van der Waals surface area contributed by atoms with Gasteiger partial charge in [-0.3, -0.25) is 4.79 Å². The van der Waals surface area contributed by atoms with Crippen molar-refractivity contribution in [1.82, 2.24) is 5.32 Å². The van der Waals surface area contributed by atoms with E-state index in [4.69, 9.17) is 9.15 Å². The second kappa shape index (κ2) is 8.04. The molecule has 0 saturated carbocycles. The number of carbonyl (C=O) groups is 1. The highest BCUT2D eigenvalue weighted by atomic mass is 16.5. The summed E-state index contributed by atoms with van der Waals surface area (Å²) in [5.74, 6) is 1.75. The van der Waals surface area contributed by atoms with Gasteiger partial charge in [-0.2, -0.15) is 0 Å². The van der Waals surface area contributed by atoms with Crippen LogP contribution in [0.25, 0.3) is 0 Å². The lowest BCUT2D eigenvalue weighted by Crippen LogP contribution is -2.37. The van der Waals surface area contributed by atoms with Crippen molar-refractivity contribution in [3.05, 3.63) is 53.5 Å². The molecular formula is C20H25NO3. The minimum absolute atomic E-state index is 0.0668. The Balaban J connectivity index is 1.47. The van der Waals surface area contributed by atoms with E-state index in [1.54, 1.807) is 6.26 Å². The summed E-state index contributed by atoms with van der Waals surface area (Å²) in [7, 11) is 0. The average molecular weight is 327 g/mol. The van der Waals surface area contributed by atoms with Crippen LogP contribution in [0.15, 0.2) is 41.0 Å². The van der Waals surface area contributed by atoms with E-state index in [1.165, 1.54) is 24.0 Å². The molecule has 1 N–H and O–H groups in total. The highest BCUT2D eigenvalue weighted by Gasteiger charge is 2.19. The first-order valence-electron chi connectivity index (χ1n) is 8.81. The maximum Gasteiger partial charge on any atom is 0.260 e. The molecule has 0 radical (unpaired) electrons. The molecule has 128 valence electrons. The number of nitrogens with one attached hydrogen (secondary N) is 1. The minimum atomic E-state index is -0.484. The zero-order valence-electron chi connectivity index (χ0n) is 14.2. The van der Waals surface area contributed by atoms with E-state index in [0.29, 0.717) is 6.54 Å². The molecule has 1 aromatic carbocycles. The smallest absolute Gasteiger partial charge is 0.260 e. The molecule has 1 amide bonds. The highest BCUT2D eigenvalue weighted by molar-refractivity contribution is 5.80. The first-order valence-corrected chi connectivity index (χ1v) is 8.81. The van der Waals surface area contributed by atoms with Crippen LogP contribution in [0.4, 0.5) is 0 Å². The number of hydrogen-bond acceptors (Lipinski definition) is 3. The third kappa shape index (κ3) is 4.19. The number of furan rings is 1. The van der Waals surface area contributed by atoms with E-state index in [2.05, 4.69) is 11.4 Å². The van der Waals surface area contributed by atoms with Crippen molar-refractivity contribution in [2.24, 2.45) is 0 Å². The summed E-state index contributed by atoms with van der Waals surface area (Å²) in [6.45, 7) is 2.43. The van der Waals surface area contributed by atoms with Gasteiger partial charge in [-0.1, -0.05) is 12.1 Å². The van der Waals surface area contributed by atoms with Gasteiger partial charge in [-0.25, -0.2) is 0 Å². The average Bonchev–Trinajstić information content (AvgIpc) is 3.12. The van der Waals surface area contributed by atoms with Crippen LogP contribution < -0.4 is 10.1 Å². The molecular weight excluding hydrogens is 302 g/mol. The largest absolute Gasteiger partial charge is 0.481 e. The molecule has 0 unspecified atom stereocenters. The Bertz CT molecular complexity index is 664. The van der Waals surface area contributed by atoms with Crippen molar-refractivity contribution in [2.45, 2.75) is 51.6 Å². The molecule has 1 aromatic heterocycles. The van der Waals surface area contributed by atoms with Gasteiger partial charge in [0.1, 0.15) is 11.5 Å². The van der Waals surface area contributed by atoms with E-state index in [-0.39, 0.29) is 5.91 Å². The van der Waals surface area contributed by atoms with Crippen LogP contribution in [0.1, 0.15) is 43.1 Å². The van der Waals surface area contributed by atoms with Crippen molar-refractivity contribution in [2.75, 3.05) is 6.54 Å². The van der Waals surface area contributed by atoms with Crippen molar-refractivity contribution in [3.8, 4) is 5.75 Å². The van der Waals surface area contributed by atoms with E-state index in [9.17, 15) is 4.79 Å². The quantitative estimate of drug-likeness (QED) is 0.789. The van der Waals surface area contributed by atoms with Gasteiger partial charge in [0, 0.05) is 13.0 Å². The van der Waals surface area contributed by atoms with Gasteiger partial charge in [-0.05, 0) is 68.4 Å². The summed E-state index contributed by atoms with van der Waals surface area (Å²) in [5, 5.41) is 2.94. The molecule has 0 saturated heterocycles. The predicted octanol–water partition coefficient (Wildman–Crippen LogP) is 3.67. The molecule has 0 spiro atoms. The normalized spacial score (nSPS) is 14.7. The van der Waals surface area contributed by atoms with Crippen LogP contribution in [0.5, 0.6) is 5.75 Å². The molecule has 1 atom stereocenters. The Morgan fingerprint density at radius 2 is 2.12 bits per heavy atom. The maximum absolute atomic E-state index is 12.2. The summed E-state index contributed by atoms with van der Waals surface area (Å²) in [6, 6.07) is 10.00. The molecule has 0 aliphatic heterocycles. The topological polar surface area (TPSA) is 51.5 Å². The lowest BCUT2D eigenvalue weighted by molar-refractivity contribution is -0.127. The van der Waals surface area contributed by atoms with Crippen LogP contribution in [-0.4, -0.2) is 18.6 Å². The first-order chi connectivity index (χ1) is 11.7. The van der Waals surface area contributed by atoms with Gasteiger partial charge < -0.3 is 14.5 Å². The standard InChI is InChI=1S/C20H25NO3/c1-15(20(22)21-13-5-9-17-10-6-14-23-17)24-19-12-4-8-16-7-2-3-11-18(16)19/h4,6,8,10,12,14-15H,2-3,5,7,9,11,13H2,1H3,(H,21,22)/t15-/m0/s1. The Hall–Kier alpha value is -2.23. The predicted molar refractivity (Wildman–Crippen MR) is 93.2 cm³/mol. The zero-order chi connectivity index (χ0) is 16.8. The molecule has 2 aromatic rings. The molecule has 1 aliphatic rings. The Morgan fingerprint density at radius 3 is 2.96 bits per heavy atom. The monoisotopic (exact) mass is 327 g/mol. The molecule has 4 nitrogen and oxygen atoms in total. The van der Waals surface area contributed by atoms with Gasteiger partial charge in [0.25, 0.3) is 5.91 Å². The van der Waals surface area contributed by atoms with Crippen molar-refractivity contribution >= 4 is 5.91 Å². The van der Waals surface area contributed by atoms with Gasteiger partial charge in [-0.15, -0.1) is 0 Å².